The van der Waals surface area contributed by atoms with E-state index in [0.29, 0.717) is 17.7 Å². The number of benzene rings is 1. The monoisotopic (exact) mass is 283 g/mol. The molecular formula is C17H17NO3. The van der Waals surface area contributed by atoms with Crippen molar-refractivity contribution < 1.29 is 14.3 Å². The zero-order valence-electron chi connectivity index (χ0n) is 11.9. The number of ether oxygens (including phenoxy) is 1. The molecule has 1 atom stereocenters. The molecule has 1 unspecified atom stereocenters. The summed E-state index contributed by atoms with van der Waals surface area (Å²) < 4.78 is 4.81. The molecule has 0 spiro atoms. The van der Waals surface area contributed by atoms with Crippen molar-refractivity contribution in [2.24, 2.45) is 0 Å². The summed E-state index contributed by atoms with van der Waals surface area (Å²) in [5.74, 6) is -0.862. The maximum absolute atomic E-state index is 12.1. The Morgan fingerprint density at radius 3 is 2.43 bits per heavy atom. The van der Waals surface area contributed by atoms with E-state index >= 15 is 0 Å². The lowest BCUT2D eigenvalue weighted by atomic mass is 9.95. The second kappa shape index (κ2) is 7.33. The van der Waals surface area contributed by atoms with Crippen LogP contribution in [0, 0.1) is 0 Å². The van der Waals surface area contributed by atoms with Gasteiger partial charge in [0.25, 0.3) is 0 Å². The van der Waals surface area contributed by atoms with Gasteiger partial charge < -0.3 is 4.74 Å². The van der Waals surface area contributed by atoms with E-state index in [1.165, 1.54) is 7.11 Å². The van der Waals surface area contributed by atoms with E-state index in [0.717, 1.165) is 0 Å². The summed E-state index contributed by atoms with van der Waals surface area (Å²) in [4.78, 5) is 28.2. The smallest absolute Gasteiger partial charge is 0.314 e. The van der Waals surface area contributed by atoms with E-state index in [2.05, 4.69) is 4.98 Å². The number of Topliss-reactive ketones (excluding diaryl/α,β-unsaturated/α-hetero) is 1. The lowest BCUT2D eigenvalue weighted by molar-refractivity contribution is -0.142. The van der Waals surface area contributed by atoms with Crippen LogP contribution in [-0.2, 0) is 9.53 Å². The fourth-order valence-electron chi connectivity index (χ4n) is 2.15. The summed E-state index contributed by atoms with van der Waals surface area (Å²) in [7, 11) is 1.34. The van der Waals surface area contributed by atoms with Crippen molar-refractivity contribution in [3.05, 3.63) is 66.0 Å². The van der Waals surface area contributed by atoms with Gasteiger partial charge in [0.05, 0.1) is 18.7 Å². The third kappa shape index (κ3) is 3.99. The van der Waals surface area contributed by atoms with Gasteiger partial charge in [-0.1, -0.05) is 36.4 Å². The number of carbonyl (C=O) groups excluding carboxylic acids is 2. The molecule has 2 rings (SSSR count). The summed E-state index contributed by atoms with van der Waals surface area (Å²) in [5, 5.41) is 0. The minimum absolute atomic E-state index is 0.0143. The largest absolute Gasteiger partial charge is 0.469 e. The van der Waals surface area contributed by atoms with Gasteiger partial charge in [-0.05, 0) is 18.6 Å². The predicted octanol–water partition coefficient (Wildman–Crippen LogP) is 3.00. The van der Waals surface area contributed by atoms with Gasteiger partial charge >= 0.3 is 5.97 Å². The van der Waals surface area contributed by atoms with Crippen LogP contribution in [0.15, 0.2) is 54.7 Å². The number of hydrogen-bond acceptors (Lipinski definition) is 4. The van der Waals surface area contributed by atoms with Crippen LogP contribution in [-0.4, -0.2) is 23.8 Å². The SMILES string of the molecule is COC(=O)C(CCC(=O)c1ccccc1)c1ccccn1. The lowest BCUT2D eigenvalue weighted by Crippen LogP contribution is -2.17. The van der Waals surface area contributed by atoms with Gasteiger partial charge in [-0.25, -0.2) is 0 Å². The molecule has 0 aliphatic carbocycles. The summed E-state index contributed by atoms with van der Waals surface area (Å²) >= 11 is 0. The summed E-state index contributed by atoms with van der Waals surface area (Å²) in [5.41, 5.74) is 1.28. The molecule has 0 radical (unpaired) electrons. The third-order valence-electron chi connectivity index (χ3n) is 3.29. The molecule has 0 fully saturated rings. The number of nitrogens with zero attached hydrogens (tertiary/aromatic N) is 1. The van der Waals surface area contributed by atoms with Crippen molar-refractivity contribution in [2.45, 2.75) is 18.8 Å². The van der Waals surface area contributed by atoms with Crippen LogP contribution in [0.2, 0.25) is 0 Å². The van der Waals surface area contributed by atoms with E-state index in [1.54, 1.807) is 30.5 Å². The molecule has 108 valence electrons. The molecule has 0 saturated heterocycles. The zero-order valence-corrected chi connectivity index (χ0v) is 11.9. The number of ketones is 1. The van der Waals surface area contributed by atoms with Crippen molar-refractivity contribution in [3.8, 4) is 0 Å². The van der Waals surface area contributed by atoms with Gasteiger partial charge in [-0.15, -0.1) is 0 Å². The summed E-state index contributed by atoms with van der Waals surface area (Å²) in [6.07, 6.45) is 2.29. The van der Waals surface area contributed by atoms with Crippen LogP contribution in [0.5, 0.6) is 0 Å². The first-order valence-corrected chi connectivity index (χ1v) is 6.79. The Balaban J connectivity index is 2.07. The summed E-state index contributed by atoms with van der Waals surface area (Å²) in [6, 6.07) is 14.4. The fourth-order valence-corrected chi connectivity index (χ4v) is 2.15. The van der Waals surface area contributed by atoms with Gasteiger partial charge in [0, 0.05) is 18.2 Å². The second-order valence-electron chi connectivity index (χ2n) is 4.66. The quantitative estimate of drug-likeness (QED) is 0.604. The molecule has 1 aromatic carbocycles. The van der Waals surface area contributed by atoms with Gasteiger partial charge in [0.15, 0.2) is 5.78 Å². The van der Waals surface area contributed by atoms with E-state index in [4.69, 9.17) is 4.74 Å². The summed E-state index contributed by atoms with van der Waals surface area (Å²) in [6.45, 7) is 0. The molecule has 0 aliphatic rings. The number of aromatic nitrogens is 1. The van der Waals surface area contributed by atoms with E-state index in [1.807, 2.05) is 24.3 Å². The average molecular weight is 283 g/mol. The van der Waals surface area contributed by atoms with Crippen LogP contribution >= 0.6 is 0 Å². The van der Waals surface area contributed by atoms with Gasteiger partial charge in [0.2, 0.25) is 0 Å². The average Bonchev–Trinajstić information content (AvgIpc) is 2.56. The Bertz CT molecular complexity index is 596. The standard InChI is InChI=1S/C17H17NO3/c1-21-17(20)14(15-9-5-6-12-18-15)10-11-16(19)13-7-3-2-4-8-13/h2-9,12,14H,10-11H2,1H3. The molecule has 1 aromatic heterocycles. The van der Waals surface area contributed by atoms with E-state index in [-0.39, 0.29) is 18.2 Å². The van der Waals surface area contributed by atoms with Gasteiger partial charge in [-0.2, -0.15) is 0 Å². The van der Waals surface area contributed by atoms with Crippen molar-refractivity contribution in [2.75, 3.05) is 7.11 Å². The molecule has 1 heterocycles. The lowest BCUT2D eigenvalue weighted by Gasteiger charge is -2.13. The molecule has 4 heteroatoms. The molecule has 0 bridgehead atoms. The number of hydrogen-bond donors (Lipinski definition) is 0. The highest BCUT2D eigenvalue weighted by molar-refractivity contribution is 5.96. The number of esters is 1. The van der Waals surface area contributed by atoms with Crippen LogP contribution in [0.25, 0.3) is 0 Å². The second-order valence-corrected chi connectivity index (χ2v) is 4.66. The minimum Gasteiger partial charge on any atom is -0.469 e. The van der Waals surface area contributed by atoms with Crippen molar-refractivity contribution in [3.63, 3.8) is 0 Å². The van der Waals surface area contributed by atoms with Crippen LogP contribution in [0.1, 0.15) is 34.8 Å². The maximum atomic E-state index is 12.1. The molecule has 0 aliphatic heterocycles. The Labute approximate surface area is 123 Å². The highest BCUT2D eigenvalue weighted by atomic mass is 16.5. The highest BCUT2D eigenvalue weighted by Crippen LogP contribution is 2.22. The van der Waals surface area contributed by atoms with Gasteiger partial charge in [-0.3, -0.25) is 14.6 Å². The number of rotatable bonds is 6. The zero-order chi connectivity index (χ0) is 15.1. The topological polar surface area (TPSA) is 56.3 Å². The maximum Gasteiger partial charge on any atom is 0.314 e. The van der Waals surface area contributed by atoms with Crippen LogP contribution in [0.4, 0.5) is 0 Å². The fraction of sp³-hybridized carbons (Fsp3) is 0.235. The third-order valence-corrected chi connectivity index (χ3v) is 3.29. The Morgan fingerprint density at radius 2 is 1.81 bits per heavy atom. The Morgan fingerprint density at radius 1 is 1.10 bits per heavy atom. The molecule has 2 aromatic rings. The minimum atomic E-state index is -0.510. The Kier molecular flexibility index (Phi) is 5.21. The van der Waals surface area contributed by atoms with Gasteiger partial charge in [0.1, 0.15) is 0 Å². The van der Waals surface area contributed by atoms with Crippen molar-refractivity contribution in [1.82, 2.24) is 4.98 Å². The van der Waals surface area contributed by atoms with E-state index in [9.17, 15) is 9.59 Å². The molecule has 4 nitrogen and oxygen atoms in total. The number of carbonyl (C=O) groups is 2. The highest BCUT2D eigenvalue weighted by Gasteiger charge is 2.23. The van der Waals surface area contributed by atoms with Crippen LogP contribution < -0.4 is 0 Å². The normalized spacial score (nSPS) is 11.7. The molecule has 0 amide bonds. The first-order valence-electron chi connectivity index (χ1n) is 6.79. The number of pyridine rings is 1. The molecule has 21 heavy (non-hydrogen) atoms. The Hall–Kier alpha value is -2.49. The molecule has 0 N–H and O–H groups in total. The molecular weight excluding hydrogens is 266 g/mol. The predicted molar refractivity (Wildman–Crippen MR) is 79.0 cm³/mol. The molecule has 0 saturated carbocycles. The van der Waals surface area contributed by atoms with Crippen molar-refractivity contribution >= 4 is 11.8 Å². The van der Waals surface area contributed by atoms with Crippen LogP contribution in [0.3, 0.4) is 0 Å². The first kappa shape index (κ1) is 14.9. The first-order chi connectivity index (χ1) is 10.2. The number of methoxy groups -OCH3 is 1. The van der Waals surface area contributed by atoms with Crippen molar-refractivity contribution in [1.29, 1.82) is 0 Å². The van der Waals surface area contributed by atoms with E-state index < -0.39 is 5.92 Å².